The van der Waals surface area contributed by atoms with Crippen molar-refractivity contribution in [2.75, 3.05) is 13.2 Å². The Morgan fingerprint density at radius 1 is 1.00 bits per heavy atom. The van der Waals surface area contributed by atoms with E-state index in [4.69, 9.17) is 49.0 Å². The minimum Gasteiger partial charge on any atom is -0.489 e. The molecule has 0 saturated heterocycles. The van der Waals surface area contributed by atoms with Crippen molar-refractivity contribution in [3.05, 3.63) is 58.1 Å². The van der Waals surface area contributed by atoms with Gasteiger partial charge in [0.1, 0.15) is 40.7 Å². The molecular formula is C18H15Cl3O4. The van der Waals surface area contributed by atoms with Crippen molar-refractivity contribution >= 4 is 40.6 Å². The summed E-state index contributed by atoms with van der Waals surface area (Å²) in [6.07, 6.45) is 1.54. The van der Waals surface area contributed by atoms with Crippen molar-refractivity contribution in [1.29, 1.82) is 0 Å². The Hall–Kier alpha value is -1.88. The first-order valence-electron chi connectivity index (χ1n) is 7.27. The summed E-state index contributed by atoms with van der Waals surface area (Å²) in [5.41, 5.74) is 0. The molecule has 0 N–H and O–H groups in total. The smallest absolute Gasteiger partial charge is 0.167 e. The van der Waals surface area contributed by atoms with E-state index in [2.05, 4.69) is 0 Å². The Labute approximate surface area is 160 Å². The predicted octanol–water partition coefficient (Wildman–Crippen LogP) is 5.80. The normalized spacial score (nSPS) is 10.1. The molecule has 0 atom stereocenters. The summed E-state index contributed by atoms with van der Waals surface area (Å²) in [6.45, 7) is 1.73. The van der Waals surface area contributed by atoms with Crippen LogP contribution in [0, 0.1) is 0 Å². The molecule has 0 aliphatic heterocycles. The van der Waals surface area contributed by atoms with Crippen LogP contribution in [0.15, 0.2) is 53.0 Å². The summed E-state index contributed by atoms with van der Waals surface area (Å²) in [5.74, 6) is 2.15. The zero-order valence-corrected chi connectivity index (χ0v) is 15.6. The number of hydrogen-bond acceptors (Lipinski definition) is 4. The Kier molecular flexibility index (Phi) is 7.44. The molecular weight excluding hydrogens is 387 g/mol. The van der Waals surface area contributed by atoms with Crippen molar-refractivity contribution < 1.29 is 19.0 Å². The van der Waals surface area contributed by atoms with E-state index in [1.165, 1.54) is 6.92 Å². The van der Waals surface area contributed by atoms with Crippen LogP contribution in [0.3, 0.4) is 0 Å². The molecule has 0 bridgehead atoms. The fraction of sp³-hybridized carbons (Fsp3) is 0.167. The zero-order chi connectivity index (χ0) is 18.2. The first kappa shape index (κ1) is 19.4. The van der Waals surface area contributed by atoms with E-state index in [1.54, 1.807) is 48.5 Å². The maximum Gasteiger partial charge on any atom is 0.167 e. The number of halogens is 3. The van der Waals surface area contributed by atoms with E-state index < -0.39 is 0 Å². The van der Waals surface area contributed by atoms with Crippen LogP contribution in [-0.4, -0.2) is 19.0 Å². The third-order valence-electron chi connectivity index (χ3n) is 2.88. The summed E-state index contributed by atoms with van der Waals surface area (Å²) in [6, 6.07) is 12.0. The van der Waals surface area contributed by atoms with Crippen molar-refractivity contribution in [2.24, 2.45) is 0 Å². The molecule has 0 spiro atoms. The monoisotopic (exact) mass is 400 g/mol. The highest BCUT2D eigenvalue weighted by molar-refractivity contribution is 6.55. The molecule has 2 rings (SSSR count). The average molecular weight is 402 g/mol. The molecule has 132 valence electrons. The number of Topliss-reactive ketones (excluding diaryl/α,β-unsaturated/α-hetero) is 1. The van der Waals surface area contributed by atoms with E-state index in [0.717, 1.165) is 0 Å². The van der Waals surface area contributed by atoms with Gasteiger partial charge in [-0.05, 0) is 49.4 Å². The summed E-state index contributed by atoms with van der Waals surface area (Å²) in [4.78, 5) is 10.9. The quantitative estimate of drug-likeness (QED) is 0.561. The lowest BCUT2D eigenvalue weighted by atomic mass is 10.3. The molecule has 0 unspecified atom stereocenters. The molecule has 0 fully saturated rings. The first-order valence-corrected chi connectivity index (χ1v) is 8.41. The van der Waals surface area contributed by atoms with E-state index in [9.17, 15) is 4.79 Å². The second-order valence-corrected chi connectivity index (χ2v) is 6.38. The van der Waals surface area contributed by atoms with Gasteiger partial charge < -0.3 is 14.2 Å². The fourth-order valence-electron chi connectivity index (χ4n) is 1.77. The number of hydrogen-bond donors (Lipinski definition) is 0. The van der Waals surface area contributed by atoms with Gasteiger partial charge in [0.25, 0.3) is 0 Å². The molecule has 0 radical (unpaired) electrons. The minimum absolute atomic E-state index is 0.00210. The Bertz CT molecular complexity index is 753. The second kappa shape index (κ2) is 9.56. The lowest BCUT2D eigenvalue weighted by Gasteiger charge is -2.10. The third-order valence-corrected chi connectivity index (χ3v) is 3.49. The van der Waals surface area contributed by atoms with Crippen molar-refractivity contribution in [3.8, 4) is 23.0 Å². The SMILES string of the molecule is CC(=O)COc1ccc(Oc2ccc(OCC=C(Cl)Cl)cc2)c(Cl)c1. The van der Waals surface area contributed by atoms with Gasteiger partial charge in [0.05, 0.1) is 5.02 Å². The Balaban J connectivity index is 1.97. The molecule has 7 heteroatoms. The average Bonchev–Trinajstić information content (AvgIpc) is 2.56. The summed E-state index contributed by atoms with van der Waals surface area (Å²) in [5, 5.41) is 0.378. The van der Waals surface area contributed by atoms with Gasteiger partial charge in [-0.3, -0.25) is 4.79 Å². The lowest BCUT2D eigenvalue weighted by molar-refractivity contribution is -0.118. The van der Waals surface area contributed by atoms with E-state index >= 15 is 0 Å². The van der Waals surface area contributed by atoms with Crippen LogP contribution in [0.25, 0.3) is 0 Å². The van der Waals surface area contributed by atoms with Gasteiger partial charge in [-0.1, -0.05) is 34.8 Å². The van der Waals surface area contributed by atoms with Crippen molar-refractivity contribution in [3.63, 3.8) is 0 Å². The van der Waals surface area contributed by atoms with Gasteiger partial charge in [0.2, 0.25) is 0 Å². The zero-order valence-electron chi connectivity index (χ0n) is 13.3. The maximum absolute atomic E-state index is 10.9. The van der Waals surface area contributed by atoms with Crippen LogP contribution in [0.5, 0.6) is 23.0 Å². The van der Waals surface area contributed by atoms with Gasteiger partial charge in [-0.25, -0.2) is 0 Å². The summed E-state index contributed by atoms with van der Waals surface area (Å²) < 4.78 is 16.6. The molecule has 2 aromatic rings. The Morgan fingerprint density at radius 2 is 1.64 bits per heavy atom. The molecule has 25 heavy (non-hydrogen) atoms. The number of carbonyl (C=O) groups is 1. The predicted molar refractivity (Wildman–Crippen MR) is 99.4 cm³/mol. The molecule has 0 saturated carbocycles. The largest absolute Gasteiger partial charge is 0.489 e. The fourth-order valence-corrected chi connectivity index (χ4v) is 2.11. The molecule has 0 aromatic heterocycles. The highest BCUT2D eigenvalue weighted by Crippen LogP contribution is 2.33. The number of benzene rings is 2. The number of ether oxygens (including phenoxy) is 3. The van der Waals surface area contributed by atoms with Gasteiger partial charge in [-0.15, -0.1) is 0 Å². The molecule has 2 aromatic carbocycles. The minimum atomic E-state index is -0.0671. The van der Waals surface area contributed by atoms with E-state index in [1.807, 2.05) is 0 Å². The van der Waals surface area contributed by atoms with Gasteiger partial charge >= 0.3 is 0 Å². The Morgan fingerprint density at radius 3 is 2.24 bits per heavy atom. The third kappa shape index (κ3) is 6.86. The molecule has 0 aliphatic carbocycles. The number of ketones is 1. The lowest BCUT2D eigenvalue weighted by Crippen LogP contribution is -2.06. The van der Waals surface area contributed by atoms with Gasteiger partial charge in [0.15, 0.2) is 5.78 Å². The topological polar surface area (TPSA) is 44.8 Å². The number of rotatable bonds is 8. The van der Waals surface area contributed by atoms with E-state index in [-0.39, 0.29) is 23.5 Å². The molecule has 0 aliphatic rings. The molecule has 0 heterocycles. The van der Waals surface area contributed by atoms with Crippen LogP contribution < -0.4 is 14.2 Å². The van der Waals surface area contributed by atoms with Crippen LogP contribution in [0.1, 0.15) is 6.92 Å². The van der Waals surface area contributed by atoms with Crippen LogP contribution in [0.2, 0.25) is 5.02 Å². The first-order chi connectivity index (χ1) is 11.9. The summed E-state index contributed by atoms with van der Waals surface area (Å²) in [7, 11) is 0. The molecule has 0 amide bonds. The highest BCUT2D eigenvalue weighted by Gasteiger charge is 2.06. The summed E-state index contributed by atoms with van der Waals surface area (Å²) >= 11 is 17.2. The maximum atomic E-state index is 10.9. The van der Waals surface area contributed by atoms with Crippen molar-refractivity contribution in [1.82, 2.24) is 0 Å². The molecule has 4 nitrogen and oxygen atoms in total. The van der Waals surface area contributed by atoms with Crippen LogP contribution in [0.4, 0.5) is 0 Å². The van der Waals surface area contributed by atoms with E-state index in [0.29, 0.717) is 28.0 Å². The van der Waals surface area contributed by atoms with Gasteiger partial charge in [-0.2, -0.15) is 0 Å². The van der Waals surface area contributed by atoms with Crippen molar-refractivity contribution in [2.45, 2.75) is 6.92 Å². The van der Waals surface area contributed by atoms with Crippen LogP contribution in [-0.2, 0) is 4.79 Å². The number of carbonyl (C=O) groups excluding carboxylic acids is 1. The standard InChI is InChI=1S/C18H15Cl3O4/c1-12(22)11-24-15-6-7-17(16(19)10-15)25-14-4-2-13(3-5-14)23-9-8-18(20)21/h2-8,10H,9,11H2,1H3. The van der Waals surface area contributed by atoms with Gasteiger partial charge in [0, 0.05) is 6.07 Å². The highest BCUT2D eigenvalue weighted by atomic mass is 35.5. The second-order valence-electron chi connectivity index (χ2n) is 4.96. The van der Waals surface area contributed by atoms with Crippen LogP contribution >= 0.6 is 34.8 Å².